The van der Waals surface area contributed by atoms with Crippen LogP contribution >= 0.6 is 0 Å². The minimum absolute atomic E-state index is 0.0408. The average molecular weight is 301 g/mol. The fraction of sp³-hybridized carbons (Fsp3) is 0.800. The van der Waals surface area contributed by atoms with E-state index in [1.165, 1.54) is 4.57 Å². The Bertz CT molecular complexity index is 507. The van der Waals surface area contributed by atoms with E-state index >= 15 is 0 Å². The molecule has 6 heteroatoms. The van der Waals surface area contributed by atoms with Crippen molar-refractivity contribution < 1.29 is 13.2 Å². The van der Waals surface area contributed by atoms with E-state index in [0.717, 1.165) is 44.3 Å². The van der Waals surface area contributed by atoms with E-state index in [1.54, 1.807) is 0 Å². The van der Waals surface area contributed by atoms with Gasteiger partial charge in [-0.25, -0.2) is 4.98 Å². The fourth-order valence-electron chi connectivity index (χ4n) is 3.65. The molecule has 2 atom stereocenters. The Kier molecular flexibility index (Phi) is 3.99. The fourth-order valence-corrected chi connectivity index (χ4v) is 3.65. The summed E-state index contributed by atoms with van der Waals surface area (Å²) in [5.74, 6) is -0.0684. The highest BCUT2D eigenvalue weighted by atomic mass is 19.4. The van der Waals surface area contributed by atoms with Crippen molar-refractivity contribution in [2.24, 2.45) is 5.92 Å². The number of alkyl halides is 3. The van der Waals surface area contributed by atoms with Gasteiger partial charge in [0.05, 0.1) is 5.69 Å². The molecular formula is C15H22F3N3. The first-order chi connectivity index (χ1) is 9.97. The number of nitrogens with zero attached hydrogens (tertiary/aromatic N) is 2. The van der Waals surface area contributed by atoms with E-state index in [2.05, 4.69) is 17.2 Å². The summed E-state index contributed by atoms with van der Waals surface area (Å²) in [6.45, 7) is 3.38. The van der Waals surface area contributed by atoms with Crippen molar-refractivity contribution in [3.8, 4) is 0 Å². The predicted molar refractivity (Wildman–Crippen MR) is 73.9 cm³/mol. The monoisotopic (exact) mass is 301 g/mol. The molecule has 1 aromatic heterocycles. The molecule has 0 radical (unpaired) electrons. The topological polar surface area (TPSA) is 29.9 Å². The molecule has 1 saturated carbocycles. The SMILES string of the molecule is CC1CCCC(n2c(C(F)(F)F)nc3c2CCNC3)CC1. The summed E-state index contributed by atoms with van der Waals surface area (Å²) in [6.07, 6.45) is 1.08. The van der Waals surface area contributed by atoms with Crippen LogP contribution < -0.4 is 5.32 Å². The van der Waals surface area contributed by atoms with Gasteiger partial charge in [0.1, 0.15) is 0 Å². The zero-order chi connectivity index (χ0) is 15.0. The van der Waals surface area contributed by atoms with Crippen molar-refractivity contribution in [2.45, 2.75) is 64.2 Å². The first-order valence-electron chi connectivity index (χ1n) is 7.84. The van der Waals surface area contributed by atoms with Gasteiger partial charge in [-0.15, -0.1) is 0 Å². The number of imidazole rings is 1. The van der Waals surface area contributed by atoms with Gasteiger partial charge in [-0.2, -0.15) is 13.2 Å². The van der Waals surface area contributed by atoms with E-state index in [0.29, 0.717) is 24.6 Å². The highest BCUT2D eigenvalue weighted by Crippen LogP contribution is 2.38. The molecule has 0 saturated heterocycles. The highest BCUT2D eigenvalue weighted by Gasteiger charge is 2.41. The van der Waals surface area contributed by atoms with Crippen LogP contribution in [0, 0.1) is 5.92 Å². The second-order valence-corrected chi connectivity index (χ2v) is 6.39. The third-order valence-corrected chi connectivity index (χ3v) is 4.77. The summed E-state index contributed by atoms with van der Waals surface area (Å²) in [4.78, 5) is 3.92. The van der Waals surface area contributed by atoms with Crippen LogP contribution in [-0.4, -0.2) is 16.1 Å². The molecule has 2 unspecified atom stereocenters. The van der Waals surface area contributed by atoms with Gasteiger partial charge in [0.25, 0.3) is 0 Å². The van der Waals surface area contributed by atoms with Crippen molar-refractivity contribution in [3.63, 3.8) is 0 Å². The molecule has 0 spiro atoms. The lowest BCUT2D eigenvalue weighted by molar-refractivity contribution is -0.148. The molecular weight excluding hydrogens is 279 g/mol. The lowest BCUT2D eigenvalue weighted by Crippen LogP contribution is -2.27. The van der Waals surface area contributed by atoms with Gasteiger partial charge < -0.3 is 9.88 Å². The zero-order valence-electron chi connectivity index (χ0n) is 12.3. The van der Waals surface area contributed by atoms with Crippen molar-refractivity contribution in [1.29, 1.82) is 0 Å². The summed E-state index contributed by atoms with van der Waals surface area (Å²) in [5, 5.41) is 3.11. The summed E-state index contributed by atoms with van der Waals surface area (Å²) in [5.41, 5.74) is 1.39. The third-order valence-electron chi connectivity index (χ3n) is 4.77. The van der Waals surface area contributed by atoms with Gasteiger partial charge in [0.2, 0.25) is 5.82 Å². The van der Waals surface area contributed by atoms with Crippen LogP contribution in [0.25, 0.3) is 0 Å². The van der Waals surface area contributed by atoms with Gasteiger partial charge in [-0.1, -0.05) is 19.8 Å². The van der Waals surface area contributed by atoms with Crippen LogP contribution in [0.5, 0.6) is 0 Å². The Morgan fingerprint density at radius 2 is 2.00 bits per heavy atom. The molecule has 0 bridgehead atoms. The Balaban J connectivity index is 2.00. The predicted octanol–water partition coefficient (Wildman–Crippen LogP) is 3.69. The maximum absolute atomic E-state index is 13.4. The second kappa shape index (κ2) is 5.63. The maximum Gasteiger partial charge on any atom is 0.449 e. The Hall–Kier alpha value is -1.04. The van der Waals surface area contributed by atoms with Crippen molar-refractivity contribution in [2.75, 3.05) is 6.54 Å². The number of hydrogen-bond donors (Lipinski definition) is 1. The van der Waals surface area contributed by atoms with Crippen LogP contribution in [0.1, 0.15) is 62.3 Å². The Labute approximate surface area is 122 Å². The van der Waals surface area contributed by atoms with E-state index in [4.69, 9.17) is 0 Å². The molecule has 1 fully saturated rings. The average Bonchev–Trinajstić information content (AvgIpc) is 2.70. The largest absolute Gasteiger partial charge is 0.449 e. The quantitative estimate of drug-likeness (QED) is 0.802. The summed E-state index contributed by atoms with van der Waals surface area (Å²) < 4.78 is 41.6. The summed E-state index contributed by atoms with van der Waals surface area (Å²) in [7, 11) is 0. The molecule has 1 aliphatic heterocycles. The van der Waals surface area contributed by atoms with Crippen molar-refractivity contribution >= 4 is 0 Å². The molecule has 2 aliphatic rings. The lowest BCUT2D eigenvalue weighted by atomic mass is 10.0. The van der Waals surface area contributed by atoms with Gasteiger partial charge in [-0.3, -0.25) is 0 Å². The highest BCUT2D eigenvalue weighted by molar-refractivity contribution is 5.22. The van der Waals surface area contributed by atoms with E-state index < -0.39 is 12.0 Å². The van der Waals surface area contributed by atoms with Crippen molar-refractivity contribution in [1.82, 2.24) is 14.9 Å². The van der Waals surface area contributed by atoms with Crippen molar-refractivity contribution in [3.05, 3.63) is 17.2 Å². The molecule has 1 N–H and O–H groups in total. The maximum atomic E-state index is 13.4. The normalized spacial score (nSPS) is 27.2. The molecule has 2 heterocycles. The Morgan fingerprint density at radius 1 is 1.19 bits per heavy atom. The molecule has 3 nitrogen and oxygen atoms in total. The molecule has 21 heavy (non-hydrogen) atoms. The molecule has 1 aromatic rings. The van der Waals surface area contributed by atoms with Crippen LogP contribution in [0.15, 0.2) is 0 Å². The molecule has 0 amide bonds. The van der Waals surface area contributed by atoms with E-state index in [-0.39, 0.29) is 6.04 Å². The number of rotatable bonds is 1. The third kappa shape index (κ3) is 2.96. The molecule has 0 aromatic carbocycles. The second-order valence-electron chi connectivity index (χ2n) is 6.39. The molecule has 118 valence electrons. The molecule has 3 rings (SSSR count). The first-order valence-corrected chi connectivity index (χ1v) is 7.84. The lowest BCUT2D eigenvalue weighted by Gasteiger charge is -2.24. The number of fused-ring (bicyclic) bond motifs is 1. The Morgan fingerprint density at radius 3 is 2.76 bits per heavy atom. The zero-order valence-corrected chi connectivity index (χ0v) is 12.3. The number of aromatic nitrogens is 2. The van der Waals surface area contributed by atoms with E-state index in [9.17, 15) is 13.2 Å². The minimum atomic E-state index is -4.37. The van der Waals surface area contributed by atoms with Gasteiger partial charge in [0, 0.05) is 31.2 Å². The smallest absolute Gasteiger partial charge is 0.321 e. The van der Waals surface area contributed by atoms with Crippen LogP contribution in [-0.2, 0) is 19.1 Å². The first kappa shape index (κ1) is 14.9. The number of halogens is 3. The van der Waals surface area contributed by atoms with Gasteiger partial charge in [0.15, 0.2) is 0 Å². The number of nitrogens with one attached hydrogen (secondary N) is 1. The summed E-state index contributed by atoms with van der Waals surface area (Å²) in [6, 6.07) is -0.0408. The standard InChI is InChI=1S/C15H22F3N3/c1-10-3-2-4-11(6-5-10)21-13-7-8-19-9-12(13)20-14(21)15(16,17)18/h10-11,19H,2-9H2,1H3. The van der Waals surface area contributed by atoms with E-state index in [1.807, 2.05) is 0 Å². The van der Waals surface area contributed by atoms with Gasteiger partial charge >= 0.3 is 6.18 Å². The summed E-state index contributed by atoms with van der Waals surface area (Å²) >= 11 is 0. The van der Waals surface area contributed by atoms with Crippen LogP contribution in [0.3, 0.4) is 0 Å². The van der Waals surface area contributed by atoms with Crippen LogP contribution in [0.2, 0.25) is 0 Å². The minimum Gasteiger partial charge on any atom is -0.321 e. The molecule has 1 aliphatic carbocycles. The van der Waals surface area contributed by atoms with Crippen LogP contribution in [0.4, 0.5) is 13.2 Å². The van der Waals surface area contributed by atoms with Gasteiger partial charge in [-0.05, 0) is 25.2 Å². The number of hydrogen-bond acceptors (Lipinski definition) is 2.